The largest absolute Gasteiger partial charge is 0.481 e. The molecule has 0 aliphatic rings. The highest BCUT2D eigenvalue weighted by Gasteiger charge is 2.14. The third-order valence-electron chi connectivity index (χ3n) is 2.02. The summed E-state index contributed by atoms with van der Waals surface area (Å²) in [6.07, 6.45) is 2.84. The van der Waals surface area contributed by atoms with E-state index in [0.717, 1.165) is 5.69 Å². The van der Waals surface area contributed by atoms with Gasteiger partial charge in [0.15, 0.2) is 10.9 Å². The lowest BCUT2D eigenvalue weighted by atomic mass is 10.2. The number of carboxylic acids is 1. The summed E-state index contributed by atoms with van der Waals surface area (Å²) in [6.45, 7) is 1.85. The van der Waals surface area contributed by atoms with Crippen LogP contribution in [-0.4, -0.2) is 31.4 Å². The van der Waals surface area contributed by atoms with Gasteiger partial charge in [0.2, 0.25) is 0 Å². The van der Waals surface area contributed by atoms with E-state index in [0.29, 0.717) is 5.13 Å². The maximum atomic E-state index is 11.4. The van der Waals surface area contributed by atoms with Crippen LogP contribution in [0.5, 0.6) is 0 Å². The van der Waals surface area contributed by atoms with Crippen molar-refractivity contribution < 1.29 is 14.7 Å². The maximum absolute atomic E-state index is 11.4. The Bertz CT molecular complexity index is 573. The quantitative estimate of drug-likeness (QED) is 0.653. The van der Waals surface area contributed by atoms with Gasteiger partial charge in [-0.15, -0.1) is 11.3 Å². The minimum Gasteiger partial charge on any atom is -0.481 e. The minimum atomic E-state index is -1.15. The highest BCUT2D eigenvalue weighted by Crippen LogP contribution is 2.16. The number of hydrogen-bond donors (Lipinski definition) is 1. The highest BCUT2D eigenvalue weighted by atomic mass is 32.1. The van der Waals surface area contributed by atoms with Gasteiger partial charge in [-0.1, -0.05) is 0 Å². The zero-order valence-corrected chi connectivity index (χ0v) is 9.77. The molecular formula is C10H9N3O3S. The number of aliphatic carboxylic acids is 1. The van der Waals surface area contributed by atoms with Gasteiger partial charge in [0.25, 0.3) is 0 Å². The zero-order chi connectivity index (χ0) is 12.4. The van der Waals surface area contributed by atoms with E-state index in [9.17, 15) is 9.59 Å². The summed E-state index contributed by atoms with van der Waals surface area (Å²) in [5.74, 6) is -1.64. The molecule has 2 rings (SSSR count). The van der Waals surface area contributed by atoms with E-state index < -0.39 is 18.2 Å². The number of thiazole rings is 1. The molecule has 2 aromatic heterocycles. The second-order valence-corrected chi connectivity index (χ2v) is 4.27. The summed E-state index contributed by atoms with van der Waals surface area (Å²) >= 11 is 1.27. The number of nitrogens with zero attached hydrogens (tertiary/aromatic N) is 3. The number of carbonyl (C=O) groups excluding carboxylic acids is 1. The number of ketones is 1. The molecule has 88 valence electrons. The molecule has 17 heavy (non-hydrogen) atoms. The molecular weight excluding hydrogens is 242 g/mol. The predicted octanol–water partition coefficient (Wildman–Crippen LogP) is 1.29. The summed E-state index contributed by atoms with van der Waals surface area (Å²) in [5, 5.41) is 10.7. The van der Waals surface area contributed by atoms with E-state index in [1.807, 2.05) is 6.92 Å². The average molecular weight is 251 g/mol. The number of imidazole rings is 1. The van der Waals surface area contributed by atoms with Crippen LogP contribution in [0.15, 0.2) is 17.9 Å². The fourth-order valence-corrected chi connectivity index (χ4v) is 2.04. The lowest BCUT2D eigenvalue weighted by Crippen LogP contribution is -2.07. The van der Waals surface area contributed by atoms with Crippen molar-refractivity contribution in [3.05, 3.63) is 29.3 Å². The Kier molecular flexibility index (Phi) is 3.01. The smallest absolute Gasteiger partial charge is 0.311 e. The Morgan fingerprint density at radius 3 is 2.88 bits per heavy atom. The monoisotopic (exact) mass is 251 g/mol. The van der Waals surface area contributed by atoms with Crippen LogP contribution in [0.1, 0.15) is 22.6 Å². The fraction of sp³-hybridized carbons (Fsp3) is 0.200. The van der Waals surface area contributed by atoms with Crippen molar-refractivity contribution in [2.24, 2.45) is 0 Å². The molecule has 2 aromatic rings. The molecule has 0 aliphatic carbocycles. The second-order valence-electron chi connectivity index (χ2n) is 3.43. The summed E-state index contributed by atoms with van der Waals surface area (Å²) in [5.41, 5.74) is 1.03. The number of carbonyl (C=O) groups is 2. The zero-order valence-electron chi connectivity index (χ0n) is 8.95. The fourth-order valence-electron chi connectivity index (χ4n) is 1.26. The Labute approximate surface area is 101 Å². The van der Waals surface area contributed by atoms with Gasteiger partial charge in [0.05, 0.1) is 5.69 Å². The van der Waals surface area contributed by atoms with Crippen molar-refractivity contribution in [2.45, 2.75) is 13.3 Å². The van der Waals surface area contributed by atoms with E-state index in [4.69, 9.17) is 5.11 Å². The van der Waals surface area contributed by atoms with E-state index in [1.54, 1.807) is 22.5 Å². The number of aryl methyl sites for hydroxylation is 1. The molecule has 0 aliphatic heterocycles. The van der Waals surface area contributed by atoms with Gasteiger partial charge in [-0.25, -0.2) is 9.97 Å². The molecule has 2 heterocycles. The SMILES string of the molecule is Cc1cn(-c2nc(C(=O)CC(=O)O)cs2)cn1. The minimum absolute atomic E-state index is 0.179. The van der Waals surface area contributed by atoms with Crippen LogP contribution < -0.4 is 0 Å². The molecule has 0 aromatic carbocycles. The van der Waals surface area contributed by atoms with Crippen LogP contribution in [-0.2, 0) is 4.79 Å². The van der Waals surface area contributed by atoms with Gasteiger partial charge < -0.3 is 5.11 Å². The van der Waals surface area contributed by atoms with Crippen LogP contribution in [0.3, 0.4) is 0 Å². The number of aromatic nitrogens is 3. The van der Waals surface area contributed by atoms with Crippen LogP contribution in [0.4, 0.5) is 0 Å². The Morgan fingerprint density at radius 1 is 1.53 bits per heavy atom. The van der Waals surface area contributed by atoms with Crippen LogP contribution in [0.25, 0.3) is 5.13 Å². The Balaban J connectivity index is 2.21. The molecule has 0 atom stereocenters. The molecule has 0 fully saturated rings. The van der Waals surface area contributed by atoms with Crippen molar-refractivity contribution in [1.82, 2.24) is 14.5 Å². The van der Waals surface area contributed by atoms with Crippen molar-refractivity contribution in [1.29, 1.82) is 0 Å². The number of Topliss-reactive ketones (excluding diaryl/α,β-unsaturated/α-hetero) is 1. The van der Waals surface area contributed by atoms with Gasteiger partial charge in [-0.2, -0.15) is 0 Å². The first kappa shape index (κ1) is 11.5. The molecule has 0 spiro atoms. The summed E-state index contributed by atoms with van der Waals surface area (Å²) < 4.78 is 1.69. The molecule has 0 saturated carbocycles. The number of carboxylic acid groups (broad SMARTS) is 1. The topological polar surface area (TPSA) is 85.1 Å². The molecule has 0 saturated heterocycles. The van der Waals surface area contributed by atoms with E-state index in [-0.39, 0.29) is 5.69 Å². The summed E-state index contributed by atoms with van der Waals surface area (Å²) in [4.78, 5) is 30.0. The van der Waals surface area contributed by atoms with Crippen LogP contribution in [0, 0.1) is 6.92 Å². The third-order valence-corrected chi connectivity index (χ3v) is 2.88. The normalized spacial score (nSPS) is 10.4. The molecule has 0 bridgehead atoms. The molecule has 6 nitrogen and oxygen atoms in total. The number of hydrogen-bond acceptors (Lipinski definition) is 5. The molecule has 0 unspecified atom stereocenters. The third kappa shape index (κ3) is 2.56. The van der Waals surface area contributed by atoms with Gasteiger partial charge in [0, 0.05) is 11.6 Å². The first-order valence-corrected chi connectivity index (χ1v) is 5.65. The first-order valence-electron chi connectivity index (χ1n) is 4.78. The van der Waals surface area contributed by atoms with Crippen molar-refractivity contribution >= 4 is 23.1 Å². The summed E-state index contributed by atoms with van der Waals surface area (Å²) in [6, 6.07) is 0. The van der Waals surface area contributed by atoms with E-state index in [2.05, 4.69) is 9.97 Å². The van der Waals surface area contributed by atoms with E-state index in [1.165, 1.54) is 11.3 Å². The van der Waals surface area contributed by atoms with Crippen molar-refractivity contribution in [3.63, 3.8) is 0 Å². The molecule has 0 radical (unpaired) electrons. The van der Waals surface area contributed by atoms with Crippen molar-refractivity contribution in [2.75, 3.05) is 0 Å². The van der Waals surface area contributed by atoms with E-state index >= 15 is 0 Å². The van der Waals surface area contributed by atoms with Crippen molar-refractivity contribution in [3.8, 4) is 5.13 Å². The van der Waals surface area contributed by atoms with Gasteiger partial charge >= 0.3 is 5.97 Å². The van der Waals surface area contributed by atoms with Crippen LogP contribution in [0.2, 0.25) is 0 Å². The lowest BCUT2D eigenvalue weighted by molar-refractivity contribution is -0.135. The highest BCUT2D eigenvalue weighted by molar-refractivity contribution is 7.12. The van der Waals surface area contributed by atoms with Gasteiger partial charge in [0.1, 0.15) is 18.4 Å². The molecule has 1 N–H and O–H groups in total. The Morgan fingerprint density at radius 2 is 2.29 bits per heavy atom. The van der Waals surface area contributed by atoms with Gasteiger partial charge in [-0.05, 0) is 6.92 Å². The summed E-state index contributed by atoms with van der Waals surface area (Å²) in [7, 11) is 0. The molecule has 0 amide bonds. The predicted molar refractivity (Wildman–Crippen MR) is 60.6 cm³/mol. The maximum Gasteiger partial charge on any atom is 0.311 e. The standard InChI is InChI=1S/C10H9N3O3S/c1-6-3-13(5-11-6)10-12-7(4-17-10)8(14)2-9(15)16/h3-5H,2H2,1H3,(H,15,16). The lowest BCUT2D eigenvalue weighted by Gasteiger charge is -1.93. The average Bonchev–Trinajstić information content (AvgIpc) is 2.84. The van der Waals surface area contributed by atoms with Crippen LogP contribution >= 0.6 is 11.3 Å². The number of rotatable bonds is 4. The first-order chi connectivity index (χ1) is 8.06. The van der Waals surface area contributed by atoms with Gasteiger partial charge in [-0.3, -0.25) is 14.2 Å². The Hall–Kier alpha value is -2.02. The molecule has 7 heteroatoms. The second kappa shape index (κ2) is 4.46.